The molecule has 0 unspecified atom stereocenters. The van der Waals surface area contributed by atoms with Crippen molar-refractivity contribution in [3.63, 3.8) is 0 Å². The van der Waals surface area contributed by atoms with Crippen LogP contribution in [0.15, 0.2) is 16.6 Å². The van der Waals surface area contributed by atoms with Gasteiger partial charge in [0.2, 0.25) is 0 Å². The maximum Gasteiger partial charge on any atom is 0.309 e. The maximum atomic E-state index is 11.3. The van der Waals surface area contributed by atoms with Gasteiger partial charge in [-0.3, -0.25) is 4.79 Å². The molecule has 21 heavy (non-hydrogen) atoms. The lowest BCUT2D eigenvalue weighted by molar-refractivity contribution is -0.146. The molecular formula is C17H23BrO3. The van der Waals surface area contributed by atoms with E-state index in [4.69, 9.17) is 4.74 Å². The van der Waals surface area contributed by atoms with Crippen molar-refractivity contribution in [1.82, 2.24) is 0 Å². The lowest BCUT2D eigenvalue weighted by Gasteiger charge is -2.22. The van der Waals surface area contributed by atoms with E-state index in [1.54, 1.807) is 21.0 Å². The fourth-order valence-electron chi connectivity index (χ4n) is 3.12. The van der Waals surface area contributed by atoms with E-state index in [2.05, 4.69) is 22.0 Å². The molecule has 0 saturated heterocycles. The first-order valence-electron chi connectivity index (χ1n) is 7.45. The van der Waals surface area contributed by atoms with E-state index in [0.717, 1.165) is 15.8 Å². The molecule has 0 radical (unpaired) electrons. The molecule has 116 valence electrons. The van der Waals surface area contributed by atoms with Crippen LogP contribution in [0.25, 0.3) is 0 Å². The van der Waals surface area contributed by atoms with Crippen molar-refractivity contribution in [3.8, 4) is 5.75 Å². The molecule has 0 bridgehead atoms. The molecule has 0 atom stereocenters. The van der Waals surface area contributed by atoms with Gasteiger partial charge in [-0.15, -0.1) is 0 Å². The number of carbonyl (C=O) groups is 1. The third-order valence-electron chi connectivity index (χ3n) is 4.36. The Morgan fingerprint density at radius 2 is 2.00 bits per heavy atom. The lowest BCUT2D eigenvalue weighted by Crippen LogP contribution is -2.26. The quantitative estimate of drug-likeness (QED) is 0.828. The third kappa shape index (κ3) is 3.60. The van der Waals surface area contributed by atoms with Gasteiger partial charge in [0.15, 0.2) is 0 Å². The second-order valence-electron chi connectivity index (χ2n) is 6.55. The minimum atomic E-state index is -0.767. The van der Waals surface area contributed by atoms with Crippen molar-refractivity contribution in [2.24, 2.45) is 5.41 Å². The molecule has 1 saturated carbocycles. The van der Waals surface area contributed by atoms with Gasteiger partial charge in [-0.05, 0) is 72.2 Å². The largest absolute Gasteiger partial charge is 0.495 e. The lowest BCUT2D eigenvalue weighted by atomic mass is 9.84. The van der Waals surface area contributed by atoms with Gasteiger partial charge < -0.3 is 9.84 Å². The molecule has 1 aromatic carbocycles. The predicted molar refractivity (Wildman–Crippen MR) is 87.0 cm³/mol. The van der Waals surface area contributed by atoms with Gasteiger partial charge >= 0.3 is 5.97 Å². The first-order valence-corrected chi connectivity index (χ1v) is 8.24. The van der Waals surface area contributed by atoms with Crippen LogP contribution in [0.1, 0.15) is 56.6 Å². The van der Waals surface area contributed by atoms with Crippen LogP contribution in [0.3, 0.4) is 0 Å². The number of halogens is 1. The standard InChI is InChI=1S/C17H23BrO3/c1-17(2,16(19)20)10-11-8-13(12-6-4-5-7-12)15(21-3)14(18)9-11/h8-9,12H,4-7,10H2,1-3H3,(H,19,20). The van der Waals surface area contributed by atoms with Crippen LogP contribution in [0.4, 0.5) is 0 Å². The van der Waals surface area contributed by atoms with Gasteiger partial charge in [-0.1, -0.05) is 18.9 Å². The normalized spacial score (nSPS) is 16.2. The summed E-state index contributed by atoms with van der Waals surface area (Å²) in [6.07, 6.45) is 5.42. The summed E-state index contributed by atoms with van der Waals surface area (Å²) in [5.41, 5.74) is 1.51. The van der Waals surface area contributed by atoms with Crippen molar-refractivity contribution in [1.29, 1.82) is 0 Å². The zero-order valence-electron chi connectivity index (χ0n) is 12.9. The Morgan fingerprint density at radius 3 is 2.52 bits per heavy atom. The average Bonchev–Trinajstić information content (AvgIpc) is 2.91. The summed E-state index contributed by atoms with van der Waals surface area (Å²) in [6, 6.07) is 4.13. The summed E-state index contributed by atoms with van der Waals surface area (Å²) >= 11 is 3.58. The summed E-state index contributed by atoms with van der Waals surface area (Å²) in [6.45, 7) is 3.53. The molecule has 0 heterocycles. The highest BCUT2D eigenvalue weighted by molar-refractivity contribution is 9.10. The van der Waals surface area contributed by atoms with Crippen LogP contribution in [-0.4, -0.2) is 18.2 Å². The number of hydrogen-bond donors (Lipinski definition) is 1. The Kier molecular flexibility index (Phi) is 4.97. The number of methoxy groups -OCH3 is 1. The summed E-state index contributed by atoms with van der Waals surface area (Å²) in [5, 5.41) is 9.32. The number of ether oxygens (including phenoxy) is 1. The van der Waals surface area contributed by atoms with Gasteiger partial charge in [-0.2, -0.15) is 0 Å². The second-order valence-corrected chi connectivity index (χ2v) is 7.40. The van der Waals surface area contributed by atoms with Gasteiger partial charge in [0.05, 0.1) is 17.0 Å². The Balaban J connectivity index is 2.38. The first kappa shape index (κ1) is 16.3. The molecule has 0 aromatic heterocycles. The molecule has 0 amide bonds. The molecule has 1 N–H and O–H groups in total. The van der Waals surface area contributed by atoms with E-state index in [1.165, 1.54) is 31.2 Å². The molecule has 0 spiro atoms. The van der Waals surface area contributed by atoms with Gasteiger partial charge in [0, 0.05) is 0 Å². The fraction of sp³-hybridized carbons (Fsp3) is 0.588. The van der Waals surface area contributed by atoms with E-state index in [0.29, 0.717) is 12.3 Å². The van der Waals surface area contributed by atoms with Gasteiger partial charge in [-0.25, -0.2) is 0 Å². The molecular weight excluding hydrogens is 332 g/mol. The number of carboxylic acids is 1. The first-order chi connectivity index (χ1) is 9.85. The molecule has 4 heteroatoms. The van der Waals surface area contributed by atoms with Crippen LogP contribution in [0.5, 0.6) is 5.75 Å². The molecule has 1 aliphatic carbocycles. The Bertz CT molecular complexity index is 531. The van der Waals surface area contributed by atoms with Crippen LogP contribution >= 0.6 is 15.9 Å². The molecule has 0 aliphatic heterocycles. The second kappa shape index (κ2) is 6.39. The van der Waals surface area contributed by atoms with E-state index in [9.17, 15) is 9.90 Å². The minimum Gasteiger partial charge on any atom is -0.495 e. The summed E-state index contributed by atoms with van der Waals surface area (Å²) in [7, 11) is 1.69. The topological polar surface area (TPSA) is 46.5 Å². The average molecular weight is 355 g/mol. The van der Waals surface area contributed by atoms with E-state index < -0.39 is 11.4 Å². The fourth-order valence-corrected chi connectivity index (χ4v) is 3.80. The van der Waals surface area contributed by atoms with Gasteiger partial charge in [0.1, 0.15) is 5.75 Å². The molecule has 1 aliphatic rings. The van der Waals surface area contributed by atoms with Crippen LogP contribution in [0, 0.1) is 5.41 Å². The number of benzene rings is 1. The van der Waals surface area contributed by atoms with Crippen molar-refractivity contribution in [3.05, 3.63) is 27.7 Å². The molecule has 2 rings (SSSR count). The Labute approximate surface area is 134 Å². The zero-order chi connectivity index (χ0) is 15.6. The number of rotatable bonds is 5. The van der Waals surface area contributed by atoms with Crippen molar-refractivity contribution in [2.75, 3.05) is 7.11 Å². The van der Waals surface area contributed by atoms with E-state index in [-0.39, 0.29) is 0 Å². The SMILES string of the molecule is COc1c(Br)cc(CC(C)(C)C(=O)O)cc1C1CCCC1. The smallest absolute Gasteiger partial charge is 0.309 e. The monoisotopic (exact) mass is 354 g/mol. The van der Waals surface area contributed by atoms with Crippen molar-refractivity contribution in [2.45, 2.75) is 51.9 Å². The molecule has 1 fully saturated rings. The Morgan fingerprint density at radius 1 is 1.38 bits per heavy atom. The summed E-state index contributed by atoms with van der Waals surface area (Å²) < 4.78 is 6.48. The predicted octanol–water partition coefficient (Wildman–Crippen LogP) is 4.77. The van der Waals surface area contributed by atoms with Crippen molar-refractivity contribution < 1.29 is 14.6 Å². The maximum absolute atomic E-state index is 11.3. The minimum absolute atomic E-state index is 0.518. The number of carboxylic acid groups (broad SMARTS) is 1. The van der Waals surface area contributed by atoms with Crippen molar-refractivity contribution >= 4 is 21.9 Å². The summed E-state index contributed by atoms with van der Waals surface area (Å²) in [5.74, 6) is 0.666. The summed E-state index contributed by atoms with van der Waals surface area (Å²) in [4.78, 5) is 11.3. The third-order valence-corrected chi connectivity index (χ3v) is 4.95. The van der Waals surface area contributed by atoms with Crippen LogP contribution in [0.2, 0.25) is 0 Å². The number of aliphatic carboxylic acids is 1. The van der Waals surface area contributed by atoms with Gasteiger partial charge in [0.25, 0.3) is 0 Å². The number of hydrogen-bond acceptors (Lipinski definition) is 2. The van der Waals surface area contributed by atoms with Crippen LogP contribution < -0.4 is 4.74 Å². The van der Waals surface area contributed by atoms with E-state index in [1.807, 2.05) is 6.07 Å². The molecule has 3 nitrogen and oxygen atoms in total. The Hall–Kier alpha value is -1.03. The highest BCUT2D eigenvalue weighted by atomic mass is 79.9. The highest BCUT2D eigenvalue weighted by Gasteiger charge is 2.29. The molecule has 1 aromatic rings. The highest BCUT2D eigenvalue weighted by Crippen LogP contribution is 2.43. The zero-order valence-corrected chi connectivity index (χ0v) is 14.5. The van der Waals surface area contributed by atoms with Crippen LogP contribution in [-0.2, 0) is 11.2 Å². The van der Waals surface area contributed by atoms with E-state index >= 15 is 0 Å².